The van der Waals surface area contributed by atoms with Crippen LogP contribution in [0.4, 0.5) is 0 Å². The van der Waals surface area contributed by atoms with Crippen molar-refractivity contribution in [3.8, 4) is 23.3 Å². The molecular weight excluding hydrogens is 528 g/mol. The van der Waals surface area contributed by atoms with Crippen LogP contribution in [0.5, 0.6) is 11.5 Å². The monoisotopic (exact) mass is 562 g/mol. The first-order valence-corrected chi connectivity index (χ1v) is 14.8. The van der Waals surface area contributed by atoms with Crippen molar-refractivity contribution in [3.63, 3.8) is 0 Å². The zero-order chi connectivity index (χ0) is 28.7. The molecule has 3 heterocycles. The number of fused-ring (bicyclic) bond motifs is 4. The lowest BCUT2D eigenvalue weighted by atomic mass is 9.71. The average Bonchev–Trinajstić information content (AvgIpc) is 3.76. The van der Waals surface area contributed by atoms with E-state index in [4.69, 9.17) is 18.6 Å². The maximum Gasteiger partial charge on any atom is 0.197 e. The molecule has 0 radical (unpaired) electrons. The Bertz CT molecular complexity index is 1720. The van der Waals surface area contributed by atoms with Crippen molar-refractivity contribution >= 4 is 16.8 Å². The Kier molecular flexibility index (Phi) is 6.97. The summed E-state index contributed by atoms with van der Waals surface area (Å²) in [6.07, 6.45) is 4.22. The molecule has 0 unspecified atom stereocenters. The fourth-order valence-corrected chi connectivity index (χ4v) is 5.75. The van der Waals surface area contributed by atoms with Gasteiger partial charge in [-0.05, 0) is 86.6 Å². The molecule has 1 saturated carbocycles. The van der Waals surface area contributed by atoms with Gasteiger partial charge in [0.2, 0.25) is 0 Å². The standard InChI is InChI=1S/C35H34N2O5/c1-35(2)30-21-26(40-18-15-37-13-16-39-17-14-37)8-10-28(30)33(38)32-29-9-6-23(19-31(29)42-34(32)35)5-7-25-20-27(11-12-36-25)41-22-24-3-4-24/h6,8-12,19-21,24H,3-4,13-18,22H2,1-2H3. The minimum Gasteiger partial charge on any atom is -0.493 e. The van der Waals surface area contributed by atoms with E-state index in [1.165, 1.54) is 12.8 Å². The van der Waals surface area contributed by atoms with Crippen LogP contribution in [-0.4, -0.2) is 61.7 Å². The van der Waals surface area contributed by atoms with E-state index in [2.05, 4.69) is 35.6 Å². The summed E-state index contributed by atoms with van der Waals surface area (Å²) in [6, 6.07) is 15.3. The van der Waals surface area contributed by atoms with E-state index in [0.29, 0.717) is 40.7 Å². The van der Waals surface area contributed by atoms with Crippen LogP contribution in [0.25, 0.3) is 11.0 Å². The SMILES string of the molecule is CC1(C)c2cc(OCCN3CCOCC3)ccc2C(=O)c2c1oc1cc(C#Cc3cc(OCC4CC4)ccn3)ccc21. The Morgan fingerprint density at radius 1 is 1.00 bits per heavy atom. The first-order valence-electron chi connectivity index (χ1n) is 14.8. The van der Waals surface area contributed by atoms with Gasteiger partial charge in [0.25, 0.3) is 0 Å². The number of furan rings is 1. The van der Waals surface area contributed by atoms with Gasteiger partial charge < -0.3 is 18.6 Å². The summed E-state index contributed by atoms with van der Waals surface area (Å²) in [6.45, 7) is 9.76. The highest BCUT2D eigenvalue weighted by Crippen LogP contribution is 2.46. The number of hydrogen-bond acceptors (Lipinski definition) is 7. The summed E-state index contributed by atoms with van der Waals surface area (Å²) in [4.78, 5) is 20.5. The second-order valence-electron chi connectivity index (χ2n) is 11.9. The first-order chi connectivity index (χ1) is 20.5. The summed E-state index contributed by atoms with van der Waals surface area (Å²) in [5.41, 5.74) is 3.81. The molecule has 0 atom stereocenters. The maximum atomic E-state index is 13.8. The molecule has 7 heteroatoms. The van der Waals surface area contributed by atoms with Gasteiger partial charge in [0.15, 0.2) is 5.78 Å². The molecule has 7 rings (SSSR count). The normalized spacial score (nSPS) is 17.7. The van der Waals surface area contributed by atoms with E-state index >= 15 is 0 Å². The predicted octanol–water partition coefficient (Wildman–Crippen LogP) is 5.60. The topological polar surface area (TPSA) is 74.0 Å². The van der Waals surface area contributed by atoms with E-state index < -0.39 is 5.41 Å². The lowest BCUT2D eigenvalue weighted by Crippen LogP contribution is -2.38. The van der Waals surface area contributed by atoms with Gasteiger partial charge in [-0.25, -0.2) is 4.98 Å². The Labute approximate surface area is 245 Å². The lowest BCUT2D eigenvalue weighted by molar-refractivity contribution is 0.0322. The van der Waals surface area contributed by atoms with Crippen molar-refractivity contribution in [2.45, 2.75) is 32.1 Å². The molecule has 0 spiro atoms. The van der Waals surface area contributed by atoms with Crippen LogP contribution in [0.15, 0.2) is 59.1 Å². The lowest BCUT2D eigenvalue weighted by Gasteiger charge is -2.31. The van der Waals surface area contributed by atoms with E-state index in [-0.39, 0.29) is 5.78 Å². The average molecular weight is 563 g/mol. The summed E-state index contributed by atoms with van der Waals surface area (Å²) >= 11 is 0. The molecule has 1 saturated heterocycles. The Hall–Kier alpha value is -4.12. The number of carbonyl (C=O) groups is 1. The predicted molar refractivity (Wildman–Crippen MR) is 159 cm³/mol. The summed E-state index contributed by atoms with van der Waals surface area (Å²) < 4.78 is 23.8. The highest BCUT2D eigenvalue weighted by molar-refractivity contribution is 6.19. The van der Waals surface area contributed by atoms with Crippen molar-refractivity contribution in [2.24, 2.45) is 5.92 Å². The molecule has 0 N–H and O–H groups in total. The fourth-order valence-electron chi connectivity index (χ4n) is 5.75. The highest BCUT2D eigenvalue weighted by atomic mass is 16.5. The van der Waals surface area contributed by atoms with Crippen LogP contribution in [0.1, 0.15) is 65.2 Å². The molecule has 2 aliphatic carbocycles. The number of hydrogen-bond donors (Lipinski definition) is 0. The van der Waals surface area contributed by atoms with E-state index in [1.807, 2.05) is 48.5 Å². The molecule has 3 aliphatic rings. The molecule has 214 valence electrons. The van der Waals surface area contributed by atoms with Crippen LogP contribution in [0.3, 0.4) is 0 Å². The van der Waals surface area contributed by atoms with Gasteiger partial charge in [0.1, 0.15) is 35.1 Å². The zero-order valence-electron chi connectivity index (χ0n) is 24.1. The Morgan fingerprint density at radius 2 is 1.83 bits per heavy atom. The second-order valence-corrected chi connectivity index (χ2v) is 11.9. The number of morpholine rings is 1. The maximum absolute atomic E-state index is 13.8. The number of aromatic nitrogens is 1. The third-order valence-corrected chi connectivity index (χ3v) is 8.42. The van der Waals surface area contributed by atoms with Crippen LogP contribution in [0, 0.1) is 17.8 Å². The molecule has 2 aromatic heterocycles. The molecule has 7 nitrogen and oxygen atoms in total. The Balaban J connectivity index is 1.12. The quantitative estimate of drug-likeness (QED) is 0.272. The van der Waals surface area contributed by atoms with Gasteiger partial charge in [-0.15, -0.1) is 0 Å². The third kappa shape index (κ3) is 5.29. The van der Waals surface area contributed by atoms with E-state index in [1.54, 1.807) is 6.20 Å². The largest absolute Gasteiger partial charge is 0.493 e. The number of benzene rings is 2. The number of rotatable bonds is 7. The van der Waals surface area contributed by atoms with Gasteiger partial charge in [0.05, 0.1) is 25.4 Å². The molecule has 42 heavy (non-hydrogen) atoms. The van der Waals surface area contributed by atoms with Crippen molar-refractivity contribution < 1.29 is 23.4 Å². The van der Waals surface area contributed by atoms with Gasteiger partial charge in [-0.2, -0.15) is 0 Å². The fraction of sp³-hybridized carbons (Fsp3) is 0.371. The van der Waals surface area contributed by atoms with Crippen LogP contribution >= 0.6 is 0 Å². The van der Waals surface area contributed by atoms with Crippen molar-refractivity contribution in [2.75, 3.05) is 46.1 Å². The second kappa shape index (κ2) is 10.9. The van der Waals surface area contributed by atoms with E-state index in [0.717, 1.165) is 67.5 Å². The molecule has 2 fully saturated rings. The highest BCUT2D eigenvalue weighted by Gasteiger charge is 2.41. The van der Waals surface area contributed by atoms with Crippen LogP contribution in [-0.2, 0) is 10.2 Å². The third-order valence-electron chi connectivity index (χ3n) is 8.42. The van der Waals surface area contributed by atoms with Crippen LogP contribution < -0.4 is 9.47 Å². The number of pyridine rings is 1. The van der Waals surface area contributed by atoms with Crippen molar-refractivity contribution in [1.82, 2.24) is 9.88 Å². The number of ether oxygens (including phenoxy) is 3. The van der Waals surface area contributed by atoms with Gasteiger partial charge in [0, 0.05) is 53.8 Å². The van der Waals surface area contributed by atoms with Gasteiger partial charge in [-0.1, -0.05) is 5.92 Å². The first kappa shape index (κ1) is 26.8. The minimum atomic E-state index is -0.516. The van der Waals surface area contributed by atoms with Crippen LogP contribution in [0.2, 0.25) is 0 Å². The molecule has 4 aromatic rings. The van der Waals surface area contributed by atoms with Crippen molar-refractivity contribution in [3.05, 3.63) is 88.4 Å². The molecule has 1 aliphatic heterocycles. The van der Waals surface area contributed by atoms with E-state index in [9.17, 15) is 4.79 Å². The molecular formula is C35H34N2O5. The minimum absolute atomic E-state index is 0.0241. The summed E-state index contributed by atoms with van der Waals surface area (Å²) in [5, 5.41) is 0.804. The smallest absolute Gasteiger partial charge is 0.197 e. The van der Waals surface area contributed by atoms with Gasteiger partial charge >= 0.3 is 0 Å². The molecule has 2 aromatic carbocycles. The van der Waals surface area contributed by atoms with Gasteiger partial charge in [-0.3, -0.25) is 9.69 Å². The molecule has 0 bridgehead atoms. The Morgan fingerprint density at radius 3 is 2.67 bits per heavy atom. The number of nitrogens with zero attached hydrogens (tertiary/aromatic N) is 2. The number of carbonyl (C=O) groups excluding carboxylic acids is 1. The molecule has 0 amide bonds. The zero-order valence-corrected chi connectivity index (χ0v) is 24.1. The van der Waals surface area contributed by atoms with Crippen molar-refractivity contribution in [1.29, 1.82) is 0 Å². The summed E-state index contributed by atoms with van der Waals surface area (Å²) in [7, 11) is 0. The number of ketones is 1. The summed E-state index contributed by atoms with van der Waals surface area (Å²) in [5.74, 6) is 9.23.